The zero-order valence-electron chi connectivity index (χ0n) is 12.9. The maximum Gasteiger partial charge on any atom is 0.0745 e. The third kappa shape index (κ3) is 3.86. The molecule has 0 bridgehead atoms. The molecule has 0 amide bonds. The normalized spacial score (nSPS) is 11.3. The molecule has 2 rings (SSSR count). The van der Waals surface area contributed by atoms with Gasteiger partial charge in [-0.05, 0) is 38.7 Å². The third-order valence-electron chi connectivity index (χ3n) is 3.46. The Bertz CT molecular complexity index is 607. The van der Waals surface area contributed by atoms with Gasteiger partial charge in [0.25, 0.3) is 0 Å². The first kappa shape index (κ1) is 16.0. The van der Waals surface area contributed by atoms with Gasteiger partial charge >= 0.3 is 0 Å². The van der Waals surface area contributed by atoms with E-state index in [-0.39, 0.29) is 0 Å². The molecule has 21 heavy (non-hydrogen) atoms. The minimum Gasteiger partial charge on any atom is -0.396 e. The summed E-state index contributed by atoms with van der Waals surface area (Å²) >= 11 is 3.55. The quantitative estimate of drug-likeness (QED) is 0.867. The maximum atomic E-state index is 6.24. The summed E-state index contributed by atoms with van der Waals surface area (Å²) in [5.41, 5.74) is 9.07. The molecule has 1 heterocycles. The number of hydrogen-bond acceptors (Lipinski definition) is 4. The molecule has 0 fully saturated rings. The summed E-state index contributed by atoms with van der Waals surface area (Å²) in [7, 11) is 4.18. The van der Waals surface area contributed by atoms with Gasteiger partial charge in [0.1, 0.15) is 0 Å². The number of fused-ring (bicyclic) bond motifs is 1. The average Bonchev–Trinajstić information content (AvgIpc) is 2.43. The van der Waals surface area contributed by atoms with E-state index in [0.717, 1.165) is 52.8 Å². The molecule has 0 spiro atoms. The van der Waals surface area contributed by atoms with Crippen LogP contribution in [-0.4, -0.2) is 43.6 Å². The number of halogens is 1. The Hall–Kier alpha value is -1.33. The minimum atomic E-state index is 0.743. The van der Waals surface area contributed by atoms with Gasteiger partial charge < -0.3 is 15.5 Å². The van der Waals surface area contributed by atoms with Gasteiger partial charge in [-0.25, -0.2) is 0 Å². The van der Waals surface area contributed by atoms with E-state index in [1.807, 2.05) is 12.1 Å². The van der Waals surface area contributed by atoms with E-state index >= 15 is 0 Å². The zero-order valence-corrected chi connectivity index (χ0v) is 14.5. The molecule has 4 nitrogen and oxygen atoms in total. The van der Waals surface area contributed by atoms with Gasteiger partial charge in [0.15, 0.2) is 0 Å². The number of pyridine rings is 1. The van der Waals surface area contributed by atoms with Crippen molar-refractivity contribution in [2.24, 2.45) is 0 Å². The van der Waals surface area contributed by atoms with E-state index in [1.165, 1.54) is 0 Å². The van der Waals surface area contributed by atoms with Crippen LogP contribution >= 0.6 is 15.9 Å². The lowest BCUT2D eigenvalue weighted by atomic mass is 10.1. The lowest BCUT2D eigenvalue weighted by molar-refractivity contribution is 0.413. The van der Waals surface area contributed by atoms with Crippen LogP contribution in [0.2, 0.25) is 0 Å². The molecule has 2 N–H and O–H groups in total. The molecule has 114 valence electrons. The average molecular weight is 351 g/mol. The van der Waals surface area contributed by atoms with Gasteiger partial charge in [-0.3, -0.25) is 4.98 Å². The second kappa shape index (κ2) is 7.09. The van der Waals surface area contributed by atoms with Gasteiger partial charge in [0.05, 0.1) is 23.1 Å². The fourth-order valence-electron chi connectivity index (χ4n) is 2.45. The van der Waals surface area contributed by atoms with E-state index in [0.29, 0.717) is 0 Å². The van der Waals surface area contributed by atoms with Crippen molar-refractivity contribution < 1.29 is 0 Å². The van der Waals surface area contributed by atoms with Gasteiger partial charge in [-0.2, -0.15) is 0 Å². The smallest absolute Gasteiger partial charge is 0.0745 e. The van der Waals surface area contributed by atoms with E-state index < -0.39 is 0 Å². The molecule has 0 aliphatic heterocycles. The van der Waals surface area contributed by atoms with Crippen molar-refractivity contribution in [3.05, 3.63) is 28.9 Å². The van der Waals surface area contributed by atoms with Crippen LogP contribution in [0.1, 0.15) is 13.3 Å². The minimum absolute atomic E-state index is 0.743. The van der Waals surface area contributed by atoms with Crippen molar-refractivity contribution in [3.8, 4) is 0 Å². The number of nitrogens with two attached hydrogens (primary N) is 1. The predicted octanol–water partition coefficient (Wildman–Crippen LogP) is 3.36. The molecular formula is C16H23BrN4. The standard InChI is InChI=1S/C16H23BrN4/c1-4-7-21(9-8-20(2)3)16-13-10-12(17)5-6-15(13)19-11-14(16)18/h5-6,10-11H,4,7-9,18H2,1-3H3. The number of rotatable bonds is 6. The first-order valence-electron chi connectivity index (χ1n) is 7.26. The van der Waals surface area contributed by atoms with E-state index in [9.17, 15) is 0 Å². The molecule has 1 aromatic heterocycles. The van der Waals surface area contributed by atoms with Crippen molar-refractivity contribution in [3.63, 3.8) is 0 Å². The maximum absolute atomic E-state index is 6.24. The monoisotopic (exact) mass is 350 g/mol. The summed E-state index contributed by atoms with van der Waals surface area (Å²) in [4.78, 5) is 9.00. The summed E-state index contributed by atoms with van der Waals surface area (Å²) in [6, 6.07) is 6.14. The number of hydrogen-bond donors (Lipinski definition) is 1. The number of nitrogen functional groups attached to an aromatic ring is 1. The molecule has 0 saturated carbocycles. The lowest BCUT2D eigenvalue weighted by Crippen LogP contribution is -2.33. The number of anilines is 2. The van der Waals surface area contributed by atoms with Crippen LogP contribution in [0.5, 0.6) is 0 Å². The molecule has 0 unspecified atom stereocenters. The highest BCUT2D eigenvalue weighted by Crippen LogP contribution is 2.33. The fraction of sp³-hybridized carbons (Fsp3) is 0.438. The second-order valence-electron chi connectivity index (χ2n) is 5.51. The van der Waals surface area contributed by atoms with Gasteiger partial charge in [-0.15, -0.1) is 0 Å². The Balaban J connectivity index is 2.49. The van der Waals surface area contributed by atoms with E-state index in [2.05, 4.69) is 57.8 Å². The summed E-state index contributed by atoms with van der Waals surface area (Å²) < 4.78 is 1.05. The summed E-state index contributed by atoms with van der Waals surface area (Å²) in [6.07, 6.45) is 2.86. The highest BCUT2D eigenvalue weighted by molar-refractivity contribution is 9.10. The van der Waals surface area contributed by atoms with Crippen LogP contribution in [-0.2, 0) is 0 Å². The highest BCUT2D eigenvalue weighted by Gasteiger charge is 2.14. The number of benzene rings is 1. The Morgan fingerprint density at radius 2 is 1.95 bits per heavy atom. The first-order valence-corrected chi connectivity index (χ1v) is 8.05. The topological polar surface area (TPSA) is 45.4 Å². The number of likely N-dealkylation sites (N-methyl/N-ethyl adjacent to an activating group) is 1. The van der Waals surface area contributed by atoms with Crippen LogP contribution in [0.4, 0.5) is 11.4 Å². The van der Waals surface area contributed by atoms with Crippen molar-refractivity contribution in [2.75, 3.05) is 44.4 Å². The van der Waals surface area contributed by atoms with Crippen LogP contribution < -0.4 is 10.6 Å². The van der Waals surface area contributed by atoms with Crippen LogP contribution in [0.25, 0.3) is 10.9 Å². The molecule has 0 aliphatic rings. The Morgan fingerprint density at radius 1 is 1.19 bits per heavy atom. The van der Waals surface area contributed by atoms with Crippen LogP contribution in [0, 0.1) is 0 Å². The second-order valence-corrected chi connectivity index (χ2v) is 6.43. The van der Waals surface area contributed by atoms with Crippen LogP contribution in [0.3, 0.4) is 0 Å². The largest absolute Gasteiger partial charge is 0.396 e. The van der Waals surface area contributed by atoms with Crippen molar-refractivity contribution in [2.45, 2.75) is 13.3 Å². The summed E-state index contributed by atoms with van der Waals surface area (Å²) in [6.45, 7) is 5.13. The van der Waals surface area contributed by atoms with E-state index in [1.54, 1.807) is 6.20 Å². The number of aromatic nitrogens is 1. The lowest BCUT2D eigenvalue weighted by Gasteiger charge is -2.28. The fourth-order valence-corrected chi connectivity index (χ4v) is 2.81. The Morgan fingerprint density at radius 3 is 2.62 bits per heavy atom. The molecule has 0 aliphatic carbocycles. The van der Waals surface area contributed by atoms with Gasteiger partial charge in [0, 0.05) is 29.5 Å². The zero-order chi connectivity index (χ0) is 15.4. The molecule has 0 saturated heterocycles. The van der Waals surface area contributed by atoms with Gasteiger partial charge in [0.2, 0.25) is 0 Å². The molecular weight excluding hydrogens is 328 g/mol. The summed E-state index contributed by atoms with van der Waals surface area (Å²) in [5.74, 6) is 0. The molecule has 2 aromatic rings. The van der Waals surface area contributed by atoms with Crippen molar-refractivity contribution in [1.29, 1.82) is 0 Å². The number of nitrogens with zero attached hydrogens (tertiary/aromatic N) is 3. The van der Waals surface area contributed by atoms with Crippen LogP contribution in [0.15, 0.2) is 28.9 Å². The molecule has 0 radical (unpaired) electrons. The van der Waals surface area contributed by atoms with Crippen molar-refractivity contribution in [1.82, 2.24) is 9.88 Å². The van der Waals surface area contributed by atoms with Gasteiger partial charge in [-0.1, -0.05) is 22.9 Å². The Labute approximate surface area is 135 Å². The highest BCUT2D eigenvalue weighted by atomic mass is 79.9. The SMILES string of the molecule is CCCN(CCN(C)C)c1c(N)cnc2ccc(Br)cc12. The predicted molar refractivity (Wildman–Crippen MR) is 94.9 cm³/mol. The third-order valence-corrected chi connectivity index (χ3v) is 3.95. The first-order chi connectivity index (χ1) is 10.0. The summed E-state index contributed by atoms with van der Waals surface area (Å²) in [5, 5.41) is 1.11. The molecule has 5 heteroatoms. The molecule has 0 atom stereocenters. The Kier molecular flexibility index (Phi) is 5.42. The van der Waals surface area contributed by atoms with E-state index in [4.69, 9.17) is 5.73 Å². The molecule has 1 aromatic carbocycles. The van der Waals surface area contributed by atoms with Crippen molar-refractivity contribution >= 4 is 38.2 Å².